The zero-order valence-electron chi connectivity index (χ0n) is 16.2. The fraction of sp³-hybridized carbons (Fsp3) is 0.400. The van der Waals surface area contributed by atoms with Gasteiger partial charge in [-0.15, -0.1) is 10.2 Å². The van der Waals surface area contributed by atoms with Crippen molar-refractivity contribution in [3.63, 3.8) is 0 Å². The molecule has 0 radical (unpaired) electrons. The molecule has 9 heteroatoms. The van der Waals surface area contributed by atoms with Crippen molar-refractivity contribution in [3.05, 3.63) is 42.4 Å². The molecule has 1 atom stereocenters. The lowest BCUT2D eigenvalue weighted by Crippen LogP contribution is -2.41. The molecule has 5 rings (SSSR count). The summed E-state index contributed by atoms with van der Waals surface area (Å²) in [7, 11) is 1.92. The quantitative estimate of drug-likeness (QED) is 0.659. The van der Waals surface area contributed by atoms with Crippen LogP contribution < -0.4 is 14.8 Å². The van der Waals surface area contributed by atoms with E-state index in [9.17, 15) is 0 Å². The summed E-state index contributed by atoms with van der Waals surface area (Å²) in [5, 5.41) is 13.3. The molecule has 152 valence electrons. The zero-order chi connectivity index (χ0) is 19.6. The number of aromatic nitrogens is 3. The lowest BCUT2D eigenvalue weighted by atomic mass is 10.0. The number of rotatable bonds is 6. The molecule has 4 heterocycles. The molecule has 0 spiro atoms. The van der Waals surface area contributed by atoms with Crippen molar-refractivity contribution in [2.24, 2.45) is 7.05 Å². The molecular formula is C20H23N5O3S. The second-order valence-electron chi connectivity index (χ2n) is 7.33. The molecule has 1 N–H and O–H groups in total. The van der Waals surface area contributed by atoms with Gasteiger partial charge >= 0.3 is 0 Å². The van der Waals surface area contributed by atoms with Gasteiger partial charge in [-0.3, -0.25) is 4.90 Å². The average molecular weight is 414 g/mol. The van der Waals surface area contributed by atoms with Crippen molar-refractivity contribution >= 4 is 17.4 Å². The summed E-state index contributed by atoms with van der Waals surface area (Å²) in [5.41, 5.74) is 1.07. The van der Waals surface area contributed by atoms with Gasteiger partial charge in [-0.25, -0.2) is 0 Å². The van der Waals surface area contributed by atoms with Crippen LogP contribution >= 0.6 is 11.8 Å². The first-order valence-corrected chi connectivity index (χ1v) is 10.5. The molecule has 1 saturated heterocycles. The van der Waals surface area contributed by atoms with E-state index in [0.717, 1.165) is 65.7 Å². The number of fused-ring (bicyclic) bond motifs is 1. The highest BCUT2D eigenvalue weighted by atomic mass is 32.2. The predicted molar refractivity (Wildman–Crippen MR) is 108 cm³/mol. The van der Waals surface area contributed by atoms with Gasteiger partial charge in [-0.1, -0.05) is 0 Å². The minimum atomic E-state index is 0.302. The fourth-order valence-electron chi connectivity index (χ4n) is 3.71. The van der Waals surface area contributed by atoms with Crippen molar-refractivity contribution in [3.8, 4) is 11.5 Å². The lowest BCUT2D eigenvalue weighted by molar-refractivity contribution is 0.174. The first kappa shape index (κ1) is 18.4. The largest absolute Gasteiger partial charge is 0.454 e. The highest BCUT2D eigenvalue weighted by Crippen LogP contribution is 2.35. The first-order chi connectivity index (χ1) is 14.2. The molecule has 0 bridgehead atoms. The van der Waals surface area contributed by atoms with Gasteiger partial charge in [0.1, 0.15) is 12.1 Å². The second kappa shape index (κ2) is 8.00. The Morgan fingerprint density at radius 2 is 2.14 bits per heavy atom. The van der Waals surface area contributed by atoms with Crippen LogP contribution in [0, 0.1) is 0 Å². The van der Waals surface area contributed by atoms with E-state index < -0.39 is 0 Å². The number of ether oxygens (including phenoxy) is 2. The summed E-state index contributed by atoms with van der Waals surface area (Å²) in [6.07, 6.45) is 3.99. The Labute approximate surface area is 173 Å². The summed E-state index contributed by atoms with van der Waals surface area (Å²) in [4.78, 5) is 2.43. The molecule has 1 fully saturated rings. The Hall–Kier alpha value is -2.65. The minimum Gasteiger partial charge on any atom is -0.454 e. The molecule has 2 aromatic heterocycles. The normalized spacial score (nSPS) is 18.9. The van der Waals surface area contributed by atoms with Gasteiger partial charge in [-0.2, -0.15) is 0 Å². The molecule has 1 unspecified atom stereocenters. The number of hydrogen-bond acceptors (Lipinski definition) is 8. The molecule has 2 aliphatic heterocycles. The third kappa shape index (κ3) is 4.20. The van der Waals surface area contributed by atoms with Crippen LogP contribution in [-0.4, -0.2) is 45.6 Å². The number of nitrogens with zero attached hydrogens (tertiary/aromatic N) is 4. The number of hydrogen-bond donors (Lipinski definition) is 1. The Kier molecular flexibility index (Phi) is 5.07. The van der Waals surface area contributed by atoms with Gasteiger partial charge in [-0.05, 0) is 55.4 Å². The van der Waals surface area contributed by atoms with Crippen molar-refractivity contribution in [1.29, 1.82) is 0 Å². The van der Waals surface area contributed by atoms with Crippen LogP contribution in [0.1, 0.15) is 18.6 Å². The zero-order valence-corrected chi connectivity index (χ0v) is 17.0. The summed E-state index contributed by atoms with van der Waals surface area (Å²) in [6.45, 7) is 3.15. The Morgan fingerprint density at radius 3 is 3.03 bits per heavy atom. The fourth-order valence-corrected chi connectivity index (χ4v) is 4.46. The number of anilines is 1. The van der Waals surface area contributed by atoms with Crippen molar-refractivity contribution in [1.82, 2.24) is 19.7 Å². The van der Waals surface area contributed by atoms with E-state index in [-0.39, 0.29) is 0 Å². The van der Waals surface area contributed by atoms with E-state index in [4.69, 9.17) is 13.9 Å². The third-order valence-electron chi connectivity index (χ3n) is 5.13. The molecule has 0 amide bonds. The van der Waals surface area contributed by atoms with Crippen LogP contribution in [-0.2, 0) is 13.6 Å². The van der Waals surface area contributed by atoms with E-state index in [1.807, 2.05) is 35.9 Å². The third-order valence-corrected chi connectivity index (χ3v) is 6.10. The van der Waals surface area contributed by atoms with Crippen LogP contribution in [0.3, 0.4) is 0 Å². The molecule has 3 aromatic rings. The van der Waals surface area contributed by atoms with E-state index in [1.165, 1.54) is 11.8 Å². The van der Waals surface area contributed by atoms with Crippen molar-refractivity contribution in [2.75, 3.05) is 25.2 Å². The first-order valence-electron chi connectivity index (χ1n) is 9.72. The second-order valence-corrected chi connectivity index (χ2v) is 8.31. The standard InChI is InChI=1S/C20H23N5O3S/c1-24-12-21-23-20(24)29-19-7-5-16(28-19)11-25-8-2-3-15(10-25)22-14-4-6-17-18(9-14)27-13-26-17/h4-7,9,12,15,22H,2-3,8,10-11,13H2,1H3. The van der Waals surface area contributed by atoms with Gasteiger partial charge < -0.3 is 23.8 Å². The van der Waals surface area contributed by atoms with E-state index in [0.29, 0.717) is 12.8 Å². The SMILES string of the molecule is Cn1cnnc1Sc1ccc(CN2CCCC(Nc3ccc4c(c3)OCO4)C2)o1. The molecule has 2 aliphatic rings. The van der Waals surface area contributed by atoms with Crippen LogP contribution in [0.5, 0.6) is 11.5 Å². The molecule has 1 aromatic carbocycles. The maximum Gasteiger partial charge on any atom is 0.231 e. The molecule has 0 aliphatic carbocycles. The summed E-state index contributed by atoms with van der Waals surface area (Å²) >= 11 is 1.49. The van der Waals surface area contributed by atoms with Crippen LogP contribution in [0.25, 0.3) is 0 Å². The van der Waals surface area contributed by atoms with Gasteiger partial charge in [0.15, 0.2) is 21.7 Å². The summed E-state index contributed by atoms with van der Waals surface area (Å²) in [5.74, 6) is 2.60. The number of aryl methyl sites for hydroxylation is 1. The van der Waals surface area contributed by atoms with E-state index in [2.05, 4.69) is 26.5 Å². The highest BCUT2D eigenvalue weighted by Gasteiger charge is 2.22. The maximum atomic E-state index is 6.01. The van der Waals surface area contributed by atoms with Crippen LogP contribution in [0.2, 0.25) is 0 Å². The highest BCUT2D eigenvalue weighted by molar-refractivity contribution is 7.99. The topological polar surface area (TPSA) is 77.6 Å². The summed E-state index contributed by atoms with van der Waals surface area (Å²) < 4.78 is 18.8. The molecular weight excluding hydrogens is 390 g/mol. The number of benzene rings is 1. The van der Waals surface area contributed by atoms with Gasteiger partial charge in [0.05, 0.1) is 6.54 Å². The Bertz CT molecular complexity index is 988. The van der Waals surface area contributed by atoms with Gasteiger partial charge in [0, 0.05) is 31.4 Å². The van der Waals surface area contributed by atoms with Crippen LogP contribution in [0.15, 0.2) is 51.3 Å². The Morgan fingerprint density at radius 1 is 1.21 bits per heavy atom. The molecule has 29 heavy (non-hydrogen) atoms. The maximum absolute atomic E-state index is 6.01. The monoisotopic (exact) mass is 413 g/mol. The number of furan rings is 1. The Balaban J connectivity index is 1.18. The van der Waals surface area contributed by atoms with Crippen molar-refractivity contribution < 1.29 is 13.9 Å². The van der Waals surface area contributed by atoms with Gasteiger partial charge in [0.25, 0.3) is 0 Å². The smallest absolute Gasteiger partial charge is 0.231 e. The summed E-state index contributed by atoms with van der Waals surface area (Å²) in [6, 6.07) is 10.5. The molecule has 8 nitrogen and oxygen atoms in total. The van der Waals surface area contributed by atoms with E-state index >= 15 is 0 Å². The minimum absolute atomic E-state index is 0.302. The van der Waals surface area contributed by atoms with Crippen molar-refractivity contribution in [2.45, 2.75) is 35.7 Å². The number of piperidine rings is 1. The van der Waals surface area contributed by atoms with Crippen LogP contribution in [0.4, 0.5) is 5.69 Å². The predicted octanol–water partition coefficient (Wildman–Crippen LogP) is 3.36. The van der Waals surface area contributed by atoms with E-state index in [1.54, 1.807) is 6.33 Å². The molecule has 0 saturated carbocycles. The number of nitrogens with one attached hydrogen (secondary N) is 1. The number of likely N-dealkylation sites (tertiary alicyclic amines) is 1. The van der Waals surface area contributed by atoms with Gasteiger partial charge in [0.2, 0.25) is 6.79 Å². The average Bonchev–Trinajstić information content (AvgIpc) is 3.45. The lowest BCUT2D eigenvalue weighted by Gasteiger charge is -2.33.